The summed E-state index contributed by atoms with van der Waals surface area (Å²) in [6.07, 6.45) is 1.66. The number of carbonyl (C=O) groups excluding carboxylic acids is 1. The molecule has 2 rings (SSSR count). The number of hydrogen-bond donors (Lipinski definition) is 3. The number of aromatic amines is 1. The first-order valence-electron chi connectivity index (χ1n) is 8.03. The predicted octanol–water partition coefficient (Wildman–Crippen LogP) is 2.92. The highest BCUT2D eigenvalue weighted by Gasteiger charge is 2.21. The number of rotatable bonds is 6. The van der Waals surface area contributed by atoms with Crippen LogP contribution in [0.4, 0.5) is 0 Å². The second-order valence-electron chi connectivity index (χ2n) is 6.78. The minimum atomic E-state index is -0.164. The SMILES string of the molecule is CC(C)(C)c1cc(C(=O)NC(CCCN)c2ccccc2)n[nH]1. The highest BCUT2D eigenvalue weighted by atomic mass is 16.2. The van der Waals surface area contributed by atoms with Gasteiger partial charge in [-0.1, -0.05) is 51.1 Å². The van der Waals surface area contributed by atoms with Gasteiger partial charge < -0.3 is 11.1 Å². The van der Waals surface area contributed by atoms with Crippen LogP contribution in [0.15, 0.2) is 36.4 Å². The van der Waals surface area contributed by atoms with Crippen LogP contribution in [0.3, 0.4) is 0 Å². The fourth-order valence-electron chi connectivity index (χ4n) is 2.38. The van der Waals surface area contributed by atoms with Crippen LogP contribution in [0.1, 0.15) is 61.4 Å². The summed E-state index contributed by atoms with van der Waals surface area (Å²) in [4.78, 5) is 12.5. The topological polar surface area (TPSA) is 83.8 Å². The van der Waals surface area contributed by atoms with E-state index in [0.717, 1.165) is 24.1 Å². The van der Waals surface area contributed by atoms with Crippen LogP contribution in [0.5, 0.6) is 0 Å². The zero-order valence-corrected chi connectivity index (χ0v) is 14.1. The molecule has 124 valence electrons. The van der Waals surface area contributed by atoms with Crippen molar-refractivity contribution in [2.45, 2.75) is 45.1 Å². The van der Waals surface area contributed by atoms with Crippen LogP contribution in [-0.2, 0) is 5.41 Å². The lowest BCUT2D eigenvalue weighted by molar-refractivity contribution is 0.0929. The molecule has 1 aromatic heterocycles. The van der Waals surface area contributed by atoms with Gasteiger partial charge >= 0.3 is 0 Å². The lowest BCUT2D eigenvalue weighted by atomic mass is 9.92. The normalized spacial score (nSPS) is 12.9. The maximum Gasteiger partial charge on any atom is 0.272 e. The van der Waals surface area contributed by atoms with E-state index in [0.29, 0.717) is 12.2 Å². The Morgan fingerprint density at radius 3 is 2.57 bits per heavy atom. The standard InChI is InChI=1S/C18H26N4O/c1-18(2,3)16-12-15(21-22-16)17(23)20-14(10-7-11-19)13-8-5-4-6-9-13/h4-6,8-9,12,14H,7,10-11,19H2,1-3H3,(H,20,23)(H,21,22). The summed E-state index contributed by atoms with van der Waals surface area (Å²) < 4.78 is 0. The zero-order chi connectivity index (χ0) is 16.9. The minimum Gasteiger partial charge on any atom is -0.344 e. The highest BCUT2D eigenvalue weighted by Crippen LogP contribution is 2.22. The molecular weight excluding hydrogens is 288 g/mol. The third-order valence-electron chi connectivity index (χ3n) is 3.82. The van der Waals surface area contributed by atoms with Gasteiger partial charge in [0, 0.05) is 11.1 Å². The summed E-state index contributed by atoms with van der Waals surface area (Å²) in [5.41, 5.74) is 8.00. The molecule has 0 aliphatic heterocycles. The van der Waals surface area contributed by atoms with Crippen molar-refractivity contribution in [2.24, 2.45) is 5.73 Å². The Morgan fingerprint density at radius 1 is 1.30 bits per heavy atom. The molecule has 1 aromatic carbocycles. The molecule has 0 bridgehead atoms. The molecule has 2 aromatic rings. The number of nitrogens with one attached hydrogen (secondary N) is 2. The number of carbonyl (C=O) groups is 1. The third-order valence-corrected chi connectivity index (χ3v) is 3.82. The third kappa shape index (κ3) is 4.66. The van der Waals surface area contributed by atoms with Gasteiger partial charge in [0.2, 0.25) is 0 Å². The highest BCUT2D eigenvalue weighted by molar-refractivity contribution is 5.92. The van der Waals surface area contributed by atoms with Gasteiger partial charge in [0.15, 0.2) is 0 Å². The molecular formula is C18H26N4O. The Morgan fingerprint density at radius 2 is 2.00 bits per heavy atom. The van der Waals surface area contributed by atoms with Crippen molar-refractivity contribution in [3.63, 3.8) is 0 Å². The molecule has 1 amide bonds. The molecule has 0 aliphatic rings. The van der Waals surface area contributed by atoms with E-state index in [1.165, 1.54) is 0 Å². The van der Waals surface area contributed by atoms with Crippen LogP contribution in [0.25, 0.3) is 0 Å². The first kappa shape index (κ1) is 17.2. The molecule has 4 N–H and O–H groups in total. The molecule has 0 fully saturated rings. The Labute approximate surface area is 137 Å². The maximum atomic E-state index is 12.5. The molecule has 23 heavy (non-hydrogen) atoms. The van der Waals surface area contributed by atoms with E-state index in [2.05, 4.69) is 36.3 Å². The predicted molar refractivity (Wildman–Crippen MR) is 92.2 cm³/mol. The molecule has 0 radical (unpaired) electrons. The number of nitrogens with two attached hydrogens (primary N) is 1. The van der Waals surface area contributed by atoms with E-state index in [9.17, 15) is 4.79 Å². The van der Waals surface area contributed by atoms with Gasteiger partial charge in [-0.25, -0.2) is 0 Å². The molecule has 0 spiro atoms. The molecule has 0 saturated carbocycles. The Hall–Kier alpha value is -2.14. The number of benzene rings is 1. The summed E-state index contributed by atoms with van der Waals surface area (Å²) in [6, 6.07) is 11.7. The Kier molecular flexibility index (Phi) is 5.55. The van der Waals surface area contributed by atoms with Crippen molar-refractivity contribution < 1.29 is 4.79 Å². The van der Waals surface area contributed by atoms with E-state index in [1.54, 1.807) is 0 Å². The van der Waals surface area contributed by atoms with E-state index < -0.39 is 0 Å². The van der Waals surface area contributed by atoms with Crippen molar-refractivity contribution in [3.05, 3.63) is 53.3 Å². The van der Waals surface area contributed by atoms with Gasteiger partial charge in [-0.2, -0.15) is 5.10 Å². The van der Waals surface area contributed by atoms with Gasteiger partial charge in [-0.05, 0) is 31.0 Å². The smallest absolute Gasteiger partial charge is 0.272 e. The van der Waals surface area contributed by atoms with Crippen molar-refractivity contribution >= 4 is 5.91 Å². The van der Waals surface area contributed by atoms with Crippen LogP contribution >= 0.6 is 0 Å². The number of aromatic nitrogens is 2. The van der Waals surface area contributed by atoms with Gasteiger partial charge in [0.05, 0.1) is 6.04 Å². The number of hydrogen-bond acceptors (Lipinski definition) is 3. The fraction of sp³-hybridized carbons (Fsp3) is 0.444. The van der Waals surface area contributed by atoms with Crippen LogP contribution in [0, 0.1) is 0 Å². The number of nitrogens with zero attached hydrogens (tertiary/aromatic N) is 1. The van der Waals surface area contributed by atoms with Crippen molar-refractivity contribution in [2.75, 3.05) is 6.54 Å². The summed E-state index contributed by atoms with van der Waals surface area (Å²) in [7, 11) is 0. The fourth-order valence-corrected chi connectivity index (χ4v) is 2.38. The first-order valence-corrected chi connectivity index (χ1v) is 8.03. The number of H-pyrrole nitrogens is 1. The quantitative estimate of drug-likeness (QED) is 0.766. The van der Waals surface area contributed by atoms with Crippen LogP contribution in [0.2, 0.25) is 0 Å². The summed E-state index contributed by atoms with van der Waals surface area (Å²) in [6.45, 7) is 6.85. The first-order chi connectivity index (χ1) is 10.9. The van der Waals surface area contributed by atoms with Gasteiger partial charge in [-0.3, -0.25) is 9.89 Å². The van der Waals surface area contributed by atoms with Gasteiger partial charge in [0.25, 0.3) is 5.91 Å². The lowest BCUT2D eigenvalue weighted by Gasteiger charge is -2.18. The molecule has 1 heterocycles. The molecule has 1 unspecified atom stereocenters. The van der Waals surface area contributed by atoms with Gasteiger partial charge in [-0.15, -0.1) is 0 Å². The molecule has 5 nitrogen and oxygen atoms in total. The summed E-state index contributed by atoms with van der Waals surface area (Å²) in [5, 5.41) is 10.2. The van der Waals surface area contributed by atoms with Crippen LogP contribution < -0.4 is 11.1 Å². The lowest BCUT2D eigenvalue weighted by Crippen LogP contribution is -2.29. The molecule has 1 atom stereocenters. The van der Waals surface area contributed by atoms with Crippen LogP contribution in [-0.4, -0.2) is 22.6 Å². The number of amides is 1. The second-order valence-corrected chi connectivity index (χ2v) is 6.78. The molecule has 0 aliphatic carbocycles. The van der Waals surface area contributed by atoms with E-state index in [1.807, 2.05) is 36.4 Å². The Balaban J connectivity index is 2.12. The second kappa shape index (κ2) is 7.42. The molecule has 0 saturated heterocycles. The average molecular weight is 314 g/mol. The summed E-state index contributed by atoms with van der Waals surface area (Å²) >= 11 is 0. The Bertz CT molecular complexity index is 628. The zero-order valence-electron chi connectivity index (χ0n) is 14.1. The van der Waals surface area contributed by atoms with E-state index >= 15 is 0 Å². The summed E-state index contributed by atoms with van der Waals surface area (Å²) in [5.74, 6) is -0.164. The van der Waals surface area contributed by atoms with Crippen molar-refractivity contribution in [3.8, 4) is 0 Å². The van der Waals surface area contributed by atoms with Gasteiger partial charge in [0.1, 0.15) is 5.69 Å². The van der Waals surface area contributed by atoms with E-state index in [4.69, 9.17) is 5.73 Å². The average Bonchev–Trinajstić information content (AvgIpc) is 3.02. The van der Waals surface area contributed by atoms with Crippen molar-refractivity contribution in [1.29, 1.82) is 0 Å². The molecule has 5 heteroatoms. The maximum absolute atomic E-state index is 12.5. The van der Waals surface area contributed by atoms with E-state index in [-0.39, 0.29) is 17.4 Å². The van der Waals surface area contributed by atoms with Crippen molar-refractivity contribution in [1.82, 2.24) is 15.5 Å². The largest absolute Gasteiger partial charge is 0.344 e. The monoisotopic (exact) mass is 314 g/mol. The minimum absolute atomic E-state index is 0.0537.